The number of hydrogen-bond donors (Lipinski definition) is 1. The van der Waals surface area contributed by atoms with Gasteiger partial charge in [-0.05, 0) is 55.5 Å². The summed E-state index contributed by atoms with van der Waals surface area (Å²) >= 11 is 0. The third kappa shape index (κ3) is 4.86. The number of para-hydroxylation sites is 1. The molecule has 3 aromatic rings. The molecule has 0 aliphatic carbocycles. The van der Waals surface area contributed by atoms with Gasteiger partial charge in [-0.1, -0.05) is 24.3 Å². The number of hydrogen-bond acceptors (Lipinski definition) is 5. The van der Waals surface area contributed by atoms with Crippen molar-refractivity contribution in [1.29, 1.82) is 0 Å². The first-order valence-corrected chi connectivity index (χ1v) is 11.6. The van der Waals surface area contributed by atoms with Gasteiger partial charge in [0.2, 0.25) is 0 Å². The molecule has 168 valence electrons. The van der Waals surface area contributed by atoms with Crippen molar-refractivity contribution in [3.05, 3.63) is 78.4 Å². The van der Waals surface area contributed by atoms with Crippen molar-refractivity contribution >= 4 is 33.0 Å². The third-order valence-corrected chi connectivity index (χ3v) is 6.86. The van der Waals surface area contributed by atoms with E-state index in [0.717, 1.165) is 5.69 Å². The molecule has 0 spiro atoms. The number of rotatable bonds is 8. The van der Waals surface area contributed by atoms with Crippen LogP contribution in [0.15, 0.2) is 77.7 Å². The first kappa shape index (κ1) is 23.1. The fraction of sp³-hybridized carbons (Fsp3) is 0.208. The smallest absolute Gasteiger partial charge is 0.264 e. The van der Waals surface area contributed by atoms with Crippen molar-refractivity contribution in [2.75, 3.05) is 42.3 Å². The Hall–Kier alpha value is -3.52. The van der Waals surface area contributed by atoms with Crippen LogP contribution in [-0.2, 0) is 10.0 Å². The molecule has 8 heteroatoms. The van der Waals surface area contributed by atoms with E-state index in [1.165, 1.54) is 29.6 Å². The summed E-state index contributed by atoms with van der Waals surface area (Å²) < 4.78 is 33.4. The highest BCUT2D eigenvalue weighted by Gasteiger charge is 2.25. The quantitative estimate of drug-likeness (QED) is 0.552. The zero-order chi connectivity index (χ0) is 23.3. The number of nitrogens with one attached hydrogen (secondary N) is 1. The summed E-state index contributed by atoms with van der Waals surface area (Å²) in [6.45, 7) is 2.03. The lowest BCUT2D eigenvalue weighted by Gasteiger charge is -2.23. The Balaban J connectivity index is 1.96. The molecule has 0 saturated heterocycles. The van der Waals surface area contributed by atoms with Gasteiger partial charge < -0.3 is 15.0 Å². The lowest BCUT2D eigenvalue weighted by atomic mass is 10.1. The molecule has 0 unspecified atom stereocenters. The number of carbonyl (C=O) groups excluding carboxylic acids is 1. The highest BCUT2D eigenvalue weighted by molar-refractivity contribution is 7.92. The molecular formula is C24H27N3O4S. The van der Waals surface area contributed by atoms with E-state index in [4.69, 9.17) is 4.74 Å². The van der Waals surface area contributed by atoms with E-state index in [1.807, 2.05) is 31.1 Å². The number of sulfonamides is 1. The predicted octanol–water partition coefficient (Wildman–Crippen LogP) is 4.23. The van der Waals surface area contributed by atoms with Gasteiger partial charge >= 0.3 is 0 Å². The van der Waals surface area contributed by atoms with Gasteiger partial charge in [0.15, 0.2) is 0 Å². The summed E-state index contributed by atoms with van der Waals surface area (Å²) in [4.78, 5) is 14.8. The standard InChI is InChI=1S/C24H27N3O4S/c1-5-27(19-11-7-6-8-12-19)32(29,30)21-14-15-23(31-4)22(17-21)25-24(28)18-10-9-13-20(16-18)26(2)3/h6-17H,5H2,1-4H3,(H,25,28). The summed E-state index contributed by atoms with van der Waals surface area (Å²) in [7, 11) is 1.40. The zero-order valence-electron chi connectivity index (χ0n) is 18.6. The Bertz CT molecular complexity index is 1190. The van der Waals surface area contributed by atoms with Crippen LogP contribution >= 0.6 is 0 Å². The van der Waals surface area contributed by atoms with E-state index in [9.17, 15) is 13.2 Å². The second-order valence-corrected chi connectivity index (χ2v) is 9.13. The Labute approximate surface area is 189 Å². The van der Waals surface area contributed by atoms with Gasteiger partial charge in [0.1, 0.15) is 5.75 Å². The van der Waals surface area contributed by atoms with Crippen LogP contribution in [0.3, 0.4) is 0 Å². The van der Waals surface area contributed by atoms with Crippen molar-refractivity contribution in [3.8, 4) is 5.75 Å². The molecule has 0 radical (unpaired) electrons. The minimum absolute atomic E-state index is 0.0568. The van der Waals surface area contributed by atoms with Gasteiger partial charge in [-0.3, -0.25) is 9.10 Å². The highest BCUT2D eigenvalue weighted by atomic mass is 32.2. The summed E-state index contributed by atoms with van der Waals surface area (Å²) in [6.07, 6.45) is 0. The number of amides is 1. The van der Waals surface area contributed by atoms with Gasteiger partial charge in [0.05, 0.1) is 23.4 Å². The normalized spacial score (nSPS) is 11.0. The van der Waals surface area contributed by atoms with E-state index in [-0.39, 0.29) is 23.0 Å². The van der Waals surface area contributed by atoms with E-state index < -0.39 is 10.0 Å². The van der Waals surface area contributed by atoms with Gasteiger partial charge in [-0.25, -0.2) is 8.42 Å². The van der Waals surface area contributed by atoms with Crippen molar-refractivity contribution in [2.45, 2.75) is 11.8 Å². The SMILES string of the molecule is CCN(c1ccccc1)S(=O)(=O)c1ccc(OC)c(NC(=O)c2cccc(N(C)C)c2)c1. The Morgan fingerprint density at radius 1 is 0.938 bits per heavy atom. The maximum Gasteiger partial charge on any atom is 0.264 e. The van der Waals surface area contributed by atoms with Crippen LogP contribution in [0.5, 0.6) is 5.75 Å². The Kier molecular flexibility index (Phi) is 7.05. The molecule has 0 aromatic heterocycles. The van der Waals surface area contributed by atoms with Crippen LogP contribution in [0.1, 0.15) is 17.3 Å². The third-order valence-electron chi connectivity index (χ3n) is 4.96. The molecule has 0 aliphatic rings. The first-order chi connectivity index (χ1) is 15.3. The number of carbonyl (C=O) groups is 1. The fourth-order valence-electron chi connectivity index (χ4n) is 3.28. The average molecular weight is 454 g/mol. The minimum Gasteiger partial charge on any atom is -0.495 e. The van der Waals surface area contributed by atoms with E-state index in [0.29, 0.717) is 17.0 Å². The molecule has 0 heterocycles. The van der Waals surface area contributed by atoms with Gasteiger partial charge in [0.25, 0.3) is 15.9 Å². The number of benzene rings is 3. The first-order valence-electron chi connectivity index (χ1n) is 10.1. The molecule has 0 atom stereocenters. The molecule has 3 rings (SSSR count). The van der Waals surface area contributed by atoms with Crippen molar-refractivity contribution in [3.63, 3.8) is 0 Å². The number of anilines is 3. The van der Waals surface area contributed by atoms with Gasteiger partial charge in [0, 0.05) is 31.9 Å². The van der Waals surface area contributed by atoms with Crippen LogP contribution in [0.25, 0.3) is 0 Å². The lowest BCUT2D eigenvalue weighted by molar-refractivity contribution is 0.102. The molecule has 32 heavy (non-hydrogen) atoms. The zero-order valence-corrected chi connectivity index (χ0v) is 19.4. The van der Waals surface area contributed by atoms with Crippen LogP contribution in [0.4, 0.5) is 17.1 Å². The van der Waals surface area contributed by atoms with E-state index in [2.05, 4.69) is 5.32 Å². The van der Waals surface area contributed by atoms with Crippen LogP contribution < -0.4 is 19.3 Å². The Morgan fingerprint density at radius 2 is 1.62 bits per heavy atom. The maximum absolute atomic E-state index is 13.4. The summed E-state index contributed by atoms with van der Waals surface area (Å²) in [5, 5.41) is 2.79. The molecule has 1 N–H and O–H groups in total. The lowest BCUT2D eigenvalue weighted by Crippen LogP contribution is -2.30. The molecule has 0 fully saturated rings. The predicted molar refractivity (Wildman–Crippen MR) is 128 cm³/mol. The van der Waals surface area contributed by atoms with E-state index in [1.54, 1.807) is 49.4 Å². The molecule has 7 nitrogen and oxygen atoms in total. The van der Waals surface area contributed by atoms with Crippen LogP contribution in [-0.4, -0.2) is 42.1 Å². The highest BCUT2D eigenvalue weighted by Crippen LogP contribution is 2.31. The number of nitrogens with zero attached hydrogens (tertiary/aromatic N) is 2. The van der Waals surface area contributed by atoms with E-state index >= 15 is 0 Å². The molecule has 3 aromatic carbocycles. The molecule has 0 aliphatic heterocycles. The second-order valence-electron chi connectivity index (χ2n) is 7.27. The van der Waals surface area contributed by atoms with Gasteiger partial charge in [-0.15, -0.1) is 0 Å². The monoisotopic (exact) mass is 453 g/mol. The topological polar surface area (TPSA) is 79.0 Å². The van der Waals surface area contributed by atoms with Crippen LogP contribution in [0, 0.1) is 0 Å². The van der Waals surface area contributed by atoms with Crippen molar-refractivity contribution in [1.82, 2.24) is 0 Å². The second kappa shape index (κ2) is 9.74. The molecule has 1 amide bonds. The molecule has 0 saturated carbocycles. The largest absolute Gasteiger partial charge is 0.495 e. The summed E-state index contributed by atoms with van der Waals surface area (Å²) in [5.74, 6) is 0.000721. The van der Waals surface area contributed by atoms with Gasteiger partial charge in [-0.2, -0.15) is 0 Å². The van der Waals surface area contributed by atoms with Crippen LogP contribution in [0.2, 0.25) is 0 Å². The summed E-state index contributed by atoms with van der Waals surface area (Å²) in [6, 6.07) is 20.5. The maximum atomic E-state index is 13.4. The minimum atomic E-state index is -3.85. The van der Waals surface area contributed by atoms with Crippen molar-refractivity contribution in [2.24, 2.45) is 0 Å². The fourth-order valence-corrected chi connectivity index (χ4v) is 4.78. The molecular weight excluding hydrogens is 426 g/mol. The number of ether oxygens (including phenoxy) is 1. The summed E-state index contributed by atoms with van der Waals surface area (Å²) in [5.41, 5.74) is 2.17. The molecule has 0 bridgehead atoms. The average Bonchev–Trinajstić information content (AvgIpc) is 2.80. The Morgan fingerprint density at radius 3 is 2.25 bits per heavy atom. The number of methoxy groups -OCH3 is 1. The van der Waals surface area contributed by atoms with Crippen molar-refractivity contribution < 1.29 is 17.9 Å².